The molecule has 0 bridgehead atoms. The first-order valence-electron chi connectivity index (χ1n) is 4.89. The molecule has 2 nitrogen and oxygen atoms in total. The standard InChI is InChI=1S/C12H11BrClNO/c1-8-2-3-9(6-11(8)14)15-7-10-4-5-12(13)16-10/h2-6,15H,7H2,1H3. The lowest BCUT2D eigenvalue weighted by molar-refractivity contribution is 0.495. The Bertz CT molecular complexity index is 496. The van der Waals surface area contributed by atoms with Gasteiger partial charge in [-0.05, 0) is 52.7 Å². The zero-order valence-corrected chi connectivity index (χ0v) is 11.1. The summed E-state index contributed by atoms with van der Waals surface area (Å²) in [7, 11) is 0. The second kappa shape index (κ2) is 4.93. The molecule has 0 saturated carbocycles. The summed E-state index contributed by atoms with van der Waals surface area (Å²) >= 11 is 9.29. The van der Waals surface area contributed by atoms with Crippen molar-refractivity contribution in [1.29, 1.82) is 0 Å². The lowest BCUT2D eigenvalue weighted by Crippen LogP contribution is -1.97. The van der Waals surface area contributed by atoms with E-state index >= 15 is 0 Å². The minimum Gasteiger partial charge on any atom is -0.452 e. The zero-order valence-electron chi connectivity index (χ0n) is 8.76. The van der Waals surface area contributed by atoms with E-state index in [4.69, 9.17) is 16.0 Å². The highest BCUT2D eigenvalue weighted by Crippen LogP contribution is 2.21. The van der Waals surface area contributed by atoms with Crippen LogP contribution in [0.15, 0.2) is 39.4 Å². The second-order valence-corrected chi connectivity index (χ2v) is 4.71. The van der Waals surface area contributed by atoms with Gasteiger partial charge < -0.3 is 9.73 Å². The first-order chi connectivity index (χ1) is 7.65. The zero-order chi connectivity index (χ0) is 11.5. The number of hydrogen-bond donors (Lipinski definition) is 1. The number of hydrogen-bond acceptors (Lipinski definition) is 2. The van der Waals surface area contributed by atoms with Gasteiger partial charge in [0, 0.05) is 10.7 Å². The maximum absolute atomic E-state index is 6.03. The van der Waals surface area contributed by atoms with Gasteiger partial charge in [0.15, 0.2) is 4.67 Å². The van der Waals surface area contributed by atoms with E-state index in [1.807, 2.05) is 37.3 Å². The van der Waals surface area contributed by atoms with Crippen LogP contribution in [0.3, 0.4) is 0 Å². The molecule has 0 fully saturated rings. The fourth-order valence-corrected chi connectivity index (χ4v) is 1.86. The van der Waals surface area contributed by atoms with Crippen LogP contribution in [0.1, 0.15) is 11.3 Å². The van der Waals surface area contributed by atoms with E-state index < -0.39 is 0 Å². The molecule has 0 radical (unpaired) electrons. The minimum absolute atomic E-state index is 0.644. The molecule has 0 saturated heterocycles. The predicted molar refractivity (Wildman–Crippen MR) is 69.9 cm³/mol. The molecule has 0 unspecified atom stereocenters. The van der Waals surface area contributed by atoms with E-state index in [2.05, 4.69) is 21.2 Å². The first-order valence-corrected chi connectivity index (χ1v) is 6.06. The molecular formula is C12H11BrClNO. The smallest absolute Gasteiger partial charge is 0.169 e. The van der Waals surface area contributed by atoms with Gasteiger partial charge in [-0.3, -0.25) is 0 Å². The third-order valence-electron chi connectivity index (χ3n) is 2.27. The van der Waals surface area contributed by atoms with Crippen molar-refractivity contribution in [2.75, 3.05) is 5.32 Å². The monoisotopic (exact) mass is 299 g/mol. The summed E-state index contributed by atoms with van der Waals surface area (Å²) < 4.78 is 6.12. The van der Waals surface area contributed by atoms with Gasteiger partial charge in [0.25, 0.3) is 0 Å². The van der Waals surface area contributed by atoms with Crippen LogP contribution in [-0.2, 0) is 6.54 Å². The number of anilines is 1. The third kappa shape index (κ3) is 2.80. The van der Waals surface area contributed by atoms with Gasteiger partial charge in [0.2, 0.25) is 0 Å². The topological polar surface area (TPSA) is 25.2 Å². The molecule has 1 N–H and O–H groups in total. The molecular weight excluding hydrogens is 289 g/mol. The second-order valence-electron chi connectivity index (χ2n) is 3.52. The quantitative estimate of drug-likeness (QED) is 0.895. The molecule has 0 aliphatic heterocycles. The SMILES string of the molecule is Cc1ccc(NCc2ccc(Br)o2)cc1Cl. The number of aryl methyl sites for hydroxylation is 1. The molecule has 4 heteroatoms. The number of halogens is 2. The van der Waals surface area contributed by atoms with E-state index in [-0.39, 0.29) is 0 Å². The van der Waals surface area contributed by atoms with Crippen LogP contribution in [0.25, 0.3) is 0 Å². The van der Waals surface area contributed by atoms with Gasteiger partial charge >= 0.3 is 0 Å². The van der Waals surface area contributed by atoms with Crippen LogP contribution >= 0.6 is 27.5 Å². The summed E-state index contributed by atoms with van der Waals surface area (Å²) in [6.45, 7) is 2.63. The molecule has 16 heavy (non-hydrogen) atoms. The lowest BCUT2D eigenvalue weighted by Gasteiger charge is -2.06. The summed E-state index contributed by atoms with van der Waals surface area (Å²) in [5, 5.41) is 4.01. The Balaban J connectivity index is 2.02. The Morgan fingerprint density at radius 3 is 2.75 bits per heavy atom. The van der Waals surface area contributed by atoms with Gasteiger partial charge in [0.05, 0.1) is 6.54 Å². The average molecular weight is 301 g/mol. The number of nitrogens with one attached hydrogen (secondary N) is 1. The van der Waals surface area contributed by atoms with Crippen molar-refractivity contribution in [2.45, 2.75) is 13.5 Å². The summed E-state index contributed by atoms with van der Waals surface area (Å²) in [5.41, 5.74) is 2.07. The van der Waals surface area contributed by atoms with Gasteiger partial charge in [-0.2, -0.15) is 0 Å². The highest BCUT2D eigenvalue weighted by Gasteiger charge is 2.01. The molecule has 0 amide bonds. The van der Waals surface area contributed by atoms with E-state index in [0.717, 1.165) is 26.7 Å². The predicted octanol–water partition coefficient (Wildman–Crippen LogP) is 4.62. The Morgan fingerprint density at radius 2 is 2.12 bits per heavy atom. The molecule has 0 spiro atoms. The number of rotatable bonds is 3. The van der Waals surface area contributed by atoms with Gasteiger partial charge in [-0.25, -0.2) is 0 Å². The molecule has 1 aromatic heterocycles. The van der Waals surface area contributed by atoms with Gasteiger partial charge in [0.1, 0.15) is 5.76 Å². The summed E-state index contributed by atoms with van der Waals surface area (Å²) in [5.74, 6) is 0.878. The van der Waals surface area contributed by atoms with E-state index in [1.54, 1.807) is 0 Å². The molecule has 1 heterocycles. The van der Waals surface area contributed by atoms with Gasteiger partial charge in [-0.15, -0.1) is 0 Å². The molecule has 0 aliphatic carbocycles. The molecule has 1 aromatic carbocycles. The summed E-state index contributed by atoms with van der Waals surface area (Å²) in [4.78, 5) is 0. The van der Waals surface area contributed by atoms with Gasteiger partial charge in [-0.1, -0.05) is 17.7 Å². The van der Waals surface area contributed by atoms with E-state index in [9.17, 15) is 0 Å². The van der Waals surface area contributed by atoms with Crippen molar-refractivity contribution in [3.63, 3.8) is 0 Å². The normalized spacial score (nSPS) is 10.4. The minimum atomic E-state index is 0.644. The van der Waals surface area contributed by atoms with Crippen LogP contribution in [0, 0.1) is 6.92 Å². The fraction of sp³-hybridized carbons (Fsp3) is 0.167. The van der Waals surface area contributed by atoms with Crippen LogP contribution < -0.4 is 5.32 Å². The van der Waals surface area contributed by atoms with Crippen LogP contribution in [0.4, 0.5) is 5.69 Å². The van der Waals surface area contributed by atoms with E-state index in [0.29, 0.717) is 6.54 Å². The van der Waals surface area contributed by atoms with Crippen molar-refractivity contribution < 1.29 is 4.42 Å². The highest BCUT2D eigenvalue weighted by atomic mass is 79.9. The molecule has 0 aliphatic rings. The number of benzene rings is 1. The maximum Gasteiger partial charge on any atom is 0.169 e. The molecule has 2 rings (SSSR count). The lowest BCUT2D eigenvalue weighted by atomic mass is 10.2. The van der Waals surface area contributed by atoms with Crippen LogP contribution in [0.5, 0.6) is 0 Å². The van der Waals surface area contributed by atoms with Crippen LogP contribution in [0.2, 0.25) is 5.02 Å². The summed E-state index contributed by atoms with van der Waals surface area (Å²) in [6.07, 6.45) is 0. The maximum atomic E-state index is 6.03. The number of furan rings is 1. The van der Waals surface area contributed by atoms with Crippen molar-refractivity contribution in [3.05, 3.63) is 51.3 Å². The van der Waals surface area contributed by atoms with Crippen molar-refractivity contribution >= 4 is 33.2 Å². The third-order valence-corrected chi connectivity index (χ3v) is 3.10. The molecule has 0 atom stereocenters. The van der Waals surface area contributed by atoms with E-state index in [1.165, 1.54) is 0 Å². The van der Waals surface area contributed by atoms with Crippen molar-refractivity contribution in [1.82, 2.24) is 0 Å². The fourth-order valence-electron chi connectivity index (χ4n) is 1.34. The van der Waals surface area contributed by atoms with Crippen molar-refractivity contribution in [3.8, 4) is 0 Å². The Labute approximate surface area is 108 Å². The molecule has 2 aromatic rings. The first kappa shape index (κ1) is 11.6. The van der Waals surface area contributed by atoms with Crippen molar-refractivity contribution in [2.24, 2.45) is 0 Å². The average Bonchev–Trinajstić information content (AvgIpc) is 2.66. The summed E-state index contributed by atoms with van der Waals surface area (Å²) in [6, 6.07) is 9.70. The Hall–Kier alpha value is -0.930. The van der Waals surface area contributed by atoms with Crippen LogP contribution in [-0.4, -0.2) is 0 Å². The highest BCUT2D eigenvalue weighted by molar-refractivity contribution is 9.10. The molecule has 84 valence electrons. The Morgan fingerprint density at radius 1 is 1.31 bits per heavy atom. The largest absolute Gasteiger partial charge is 0.452 e. The Kier molecular flexibility index (Phi) is 3.56.